The van der Waals surface area contributed by atoms with E-state index < -0.39 is 10.1 Å². The lowest BCUT2D eigenvalue weighted by Gasteiger charge is -2.46. The Bertz CT molecular complexity index is 341. The molecule has 0 aromatic heterocycles. The van der Waals surface area contributed by atoms with Crippen molar-refractivity contribution in [2.75, 3.05) is 19.3 Å². The second kappa shape index (κ2) is 3.24. The Labute approximate surface area is 84.7 Å². The Hall–Kier alpha value is -0.550. The number of hydrogen-bond donors (Lipinski definition) is 0. The van der Waals surface area contributed by atoms with Crippen molar-refractivity contribution >= 4 is 10.1 Å². The Morgan fingerprint density at radius 1 is 1.43 bits per heavy atom. The van der Waals surface area contributed by atoms with Gasteiger partial charge in [-0.3, -0.25) is 4.18 Å². The Kier molecular flexibility index (Phi) is 2.31. The summed E-state index contributed by atoms with van der Waals surface area (Å²) in [6.45, 7) is 5.89. The van der Waals surface area contributed by atoms with Gasteiger partial charge in [0, 0.05) is 18.8 Å². The van der Waals surface area contributed by atoms with E-state index in [0.29, 0.717) is 5.92 Å². The van der Waals surface area contributed by atoms with Crippen molar-refractivity contribution in [1.82, 2.24) is 4.90 Å². The van der Waals surface area contributed by atoms with E-state index in [-0.39, 0.29) is 6.10 Å². The molecule has 0 radical (unpaired) electrons. The molecule has 0 aromatic rings. The molecule has 0 N–H and O–H groups in total. The van der Waals surface area contributed by atoms with E-state index in [1.807, 2.05) is 0 Å². The summed E-state index contributed by atoms with van der Waals surface area (Å²) in [7, 11) is -3.37. The van der Waals surface area contributed by atoms with E-state index in [1.165, 1.54) is 0 Å². The third kappa shape index (κ3) is 1.79. The molecule has 1 atom stereocenters. The summed E-state index contributed by atoms with van der Waals surface area (Å²) in [6, 6.07) is 0. The Morgan fingerprint density at radius 2 is 2.00 bits per heavy atom. The van der Waals surface area contributed by atoms with Gasteiger partial charge < -0.3 is 4.90 Å². The molecule has 0 aromatic carbocycles. The highest BCUT2D eigenvalue weighted by Gasteiger charge is 2.39. The molecule has 80 valence electrons. The predicted molar refractivity (Wildman–Crippen MR) is 53.2 cm³/mol. The zero-order valence-electron chi connectivity index (χ0n) is 8.27. The summed E-state index contributed by atoms with van der Waals surface area (Å²) in [4.78, 5) is 2.12. The van der Waals surface area contributed by atoms with Crippen molar-refractivity contribution < 1.29 is 12.6 Å². The van der Waals surface area contributed by atoms with E-state index in [4.69, 9.17) is 4.18 Å². The van der Waals surface area contributed by atoms with Crippen LogP contribution in [0.3, 0.4) is 0 Å². The molecule has 0 saturated carbocycles. The average molecular weight is 217 g/mol. The lowest BCUT2D eigenvalue weighted by Crippen LogP contribution is -2.49. The Morgan fingerprint density at radius 3 is 2.43 bits per heavy atom. The second-order valence-corrected chi connectivity index (χ2v) is 5.64. The molecule has 5 heteroatoms. The molecule has 0 spiro atoms. The lowest BCUT2D eigenvalue weighted by atomic mass is 9.84. The maximum atomic E-state index is 11.0. The molecule has 4 nitrogen and oxygen atoms in total. The van der Waals surface area contributed by atoms with Gasteiger partial charge in [0.15, 0.2) is 0 Å². The van der Waals surface area contributed by atoms with Gasteiger partial charge in [-0.25, -0.2) is 0 Å². The van der Waals surface area contributed by atoms with Crippen LogP contribution in [0.2, 0.25) is 0 Å². The first-order chi connectivity index (χ1) is 6.47. The minimum Gasteiger partial charge on any atom is -0.373 e. The SMILES string of the molecule is C=C1C(OS(C)(=O)=O)C2CCN1CC2. The summed E-state index contributed by atoms with van der Waals surface area (Å²) < 4.78 is 27.1. The van der Waals surface area contributed by atoms with Gasteiger partial charge in [0.05, 0.1) is 6.26 Å². The zero-order valence-corrected chi connectivity index (χ0v) is 9.09. The molecule has 3 aliphatic rings. The minimum absolute atomic E-state index is 0.313. The van der Waals surface area contributed by atoms with Crippen molar-refractivity contribution in [2.45, 2.75) is 18.9 Å². The van der Waals surface area contributed by atoms with Gasteiger partial charge in [0.2, 0.25) is 0 Å². The molecule has 0 amide bonds. The van der Waals surface area contributed by atoms with Crippen LogP contribution in [-0.4, -0.2) is 38.8 Å². The van der Waals surface area contributed by atoms with E-state index in [1.54, 1.807) is 0 Å². The number of nitrogens with zero attached hydrogens (tertiary/aromatic N) is 1. The van der Waals surface area contributed by atoms with Crippen LogP contribution >= 0.6 is 0 Å². The van der Waals surface area contributed by atoms with E-state index in [0.717, 1.165) is 37.9 Å². The molecule has 0 aliphatic carbocycles. The van der Waals surface area contributed by atoms with Crippen molar-refractivity contribution in [3.8, 4) is 0 Å². The minimum atomic E-state index is -3.37. The maximum Gasteiger partial charge on any atom is 0.265 e. The van der Waals surface area contributed by atoms with Crippen molar-refractivity contribution in [3.05, 3.63) is 12.3 Å². The number of fused-ring (bicyclic) bond motifs is 3. The maximum absolute atomic E-state index is 11.0. The highest BCUT2D eigenvalue weighted by Crippen LogP contribution is 2.36. The molecule has 3 saturated heterocycles. The summed E-state index contributed by atoms with van der Waals surface area (Å²) in [5.74, 6) is 0.335. The number of hydrogen-bond acceptors (Lipinski definition) is 4. The van der Waals surface area contributed by atoms with Crippen LogP contribution in [0, 0.1) is 5.92 Å². The van der Waals surface area contributed by atoms with E-state index in [2.05, 4.69) is 11.5 Å². The predicted octanol–water partition coefficient (Wildman–Crippen LogP) is 0.570. The summed E-state index contributed by atoms with van der Waals surface area (Å²) in [5.41, 5.74) is 0.831. The van der Waals surface area contributed by atoms with Crippen LogP contribution in [0.1, 0.15) is 12.8 Å². The van der Waals surface area contributed by atoms with Gasteiger partial charge >= 0.3 is 0 Å². The number of piperidine rings is 3. The van der Waals surface area contributed by atoms with Crippen LogP contribution in [0.25, 0.3) is 0 Å². The lowest BCUT2D eigenvalue weighted by molar-refractivity contribution is 0.0407. The fourth-order valence-electron chi connectivity index (χ4n) is 2.26. The molecule has 14 heavy (non-hydrogen) atoms. The summed E-state index contributed by atoms with van der Waals surface area (Å²) in [5, 5.41) is 0. The largest absolute Gasteiger partial charge is 0.373 e. The third-order valence-corrected chi connectivity index (χ3v) is 3.54. The summed E-state index contributed by atoms with van der Waals surface area (Å²) in [6.07, 6.45) is 2.81. The standard InChI is InChI=1S/C9H15NO3S/c1-7-9(13-14(2,11)12)8-3-5-10(7)6-4-8/h8-9H,1,3-6H2,2H3. The smallest absolute Gasteiger partial charge is 0.265 e. The van der Waals surface area contributed by atoms with Crippen molar-refractivity contribution in [2.24, 2.45) is 5.92 Å². The molecule has 3 heterocycles. The summed E-state index contributed by atoms with van der Waals surface area (Å²) >= 11 is 0. The normalized spacial score (nSPS) is 32.4. The highest BCUT2D eigenvalue weighted by atomic mass is 32.2. The van der Waals surface area contributed by atoms with Gasteiger partial charge in [-0.05, 0) is 18.8 Å². The van der Waals surface area contributed by atoms with Crippen LogP contribution in [0.4, 0.5) is 0 Å². The molecule has 3 rings (SSSR count). The molecule has 2 bridgehead atoms. The van der Waals surface area contributed by atoms with E-state index in [9.17, 15) is 8.42 Å². The quantitative estimate of drug-likeness (QED) is 0.634. The second-order valence-electron chi connectivity index (χ2n) is 4.04. The van der Waals surface area contributed by atoms with Crippen molar-refractivity contribution in [1.29, 1.82) is 0 Å². The fourth-order valence-corrected chi connectivity index (χ4v) is 2.91. The molecular formula is C9H15NO3S. The van der Waals surface area contributed by atoms with Crippen LogP contribution < -0.4 is 0 Å². The first kappa shape index (κ1) is 9.98. The monoisotopic (exact) mass is 217 g/mol. The first-order valence-electron chi connectivity index (χ1n) is 4.79. The molecule has 3 fully saturated rings. The van der Waals surface area contributed by atoms with Gasteiger partial charge in [0.1, 0.15) is 6.10 Å². The van der Waals surface area contributed by atoms with Crippen LogP contribution in [0.5, 0.6) is 0 Å². The van der Waals surface area contributed by atoms with Gasteiger partial charge in [-0.1, -0.05) is 6.58 Å². The zero-order chi connectivity index (χ0) is 10.3. The third-order valence-electron chi connectivity index (χ3n) is 2.98. The van der Waals surface area contributed by atoms with E-state index >= 15 is 0 Å². The van der Waals surface area contributed by atoms with Crippen molar-refractivity contribution in [3.63, 3.8) is 0 Å². The number of rotatable bonds is 2. The molecule has 3 aliphatic heterocycles. The molecule has 1 unspecified atom stereocenters. The Balaban J connectivity index is 2.15. The first-order valence-corrected chi connectivity index (χ1v) is 6.61. The molecular weight excluding hydrogens is 202 g/mol. The topological polar surface area (TPSA) is 46.6 Å². The van der Waals surface area contributed by atoms with Gasteiger partial charge in [-0.15, -0.1) is 0 Å². The average Bonchev–Trinajstić information content (AvgIpc) is 2.10. The van der Waals surface area contributed by atoms with Crippen LogP contribution in [-0.2, 0) is 14.3 Å². The van der Waals surface area contributed by atoms with Crippen LogP contribution in [0.15, 0.2) is 12.3 Å². The fraction of sp³-hybridized carbons (Fsp3) is 0.778. The van der Waals surface area contributed by atoms with Gasteiger partial charge in [-0.2, -0.15) is 8.42 Å². The van der Waals surface area contributed by atoms with Gasteiger partial charge in [0.25, 0.3) is 10.1 Å². The highest BCUT2D eigenvalue weighted by molar-refractivity contribution is 7.86.